The first kappa shape index (κ1) is 17.4. The minimum Gasteiger partial charge on any atom is -0.476 e. The highest BCUT2D eigenvalue weighted by molar-refractivity contribution is 7.14. The van der Waals surface area contributed by atoms with Crippen LogP contribution in [-0.2, 0) is 4.43 Å². The number of piperidine rings is 1. The molecule has 2 rings (SSSR count). The molecule has 1 aliphatic rings. The molecule has 22 heavy (non-hydrogen) atoms. The molecule has 1 N–H and O–H groups in total. The summed E-state index contributed by atoms with van der Waals surface area (Å²) in [6.45, 7) is 7.49. The molecule has 0 bridgehead atoms. The number of aromatic carboxylic acids is 1. The molecule has 1 aliphatic heterocycles. The molecule has 124 valence electrons. The summed E-state index contributed by atoms with van der Waals surface area (Å²) in [5.74, 6) is -0.960. The van der Waals surface area contributed by atoms with Crippen molar-refractivity contribution < 1.29 is 14.3 Å². The van der Waals surface area contributed by atoms with E-state index in [1.165, 1.54) is 17.8 Å². The van der Waals surface area contributed by atoms with E-state index in [1.807, 2.05) is 0 Å². The minimum absolute atomic E-state index is 0.136. The molecule has 0 aliphatic carbocycles. The molecule has 0 spiro atoms. The molecule has 1 aromatic heterocycles. The van der Waals surface area contributed by atoms with Crippen molar-refractivity contribution in [3.63, 3.8) is 0 Å². The lowest BCUT2D eigenvalue weighted by Gasteiger charge is -2.48. The van der Waals surface area contributed by atoms with Crippen LogP contribution in [0.3, 0.4) is 0 Å². The second-order valence-electron chi connectivity index (χ2n) is 6.15. The number of carboxylic acid groups (broad SMARTS) is 1. The molecule has 1 fully saturated rings. The van der Waals surface area contributed by atoms with Crippen LogP contribution in [0.25, 0.3) is 0 Å². The van der Waals surface area contributed by atoms with Gasteiger partial charge in [-0.3, -0.25) is 0 Å². The molecule has 0 aromatic carbocycles. The van der Waals surface area contributed by atoms with Crippen LogP contribution in [0.1, 0.15) is 55.9 Å². The Morgan fingerprint density at radius 1 is 1.55 bits per heavy atom. The van der Waals surface area contributed by atoms with Gasteiger partial charge in [0.2, 0.25) is 0 Å². The van der Waals surface area contributed by atoms with Crippen LogP contribution in [0, 0.1) is 0 Å². The molecule has 2 heterocycles. The lowest BCUT2D eigenvalue weighted by Crippen LogP contribution is -2.55. The van der Waals surface area contributed by atoms with E-state index in [9.17, 15) is 4.79 Å². The van der Waals surface area contributed by atoms with Crippen molar-refractivity contribution in [1.29, 1.82) is 0 Å². The largest absolute Gasteiger partial charge is 0.476 e. The van der Waals surface area contributed by atoms with Crippen LogP contribution >= 0.6 is 11.3 Å². The standard InChI is InChI=1S/C15H26N2O3SSi/c1-4-5-8-15(20-22(2)3)9-6-7-10-17(15)14-16-12(11-21-14)13(18)19/h11,22H,4-10H2,1-3H3,(H,18,19). The van der Waals surface area contributed by atoms with Gasteiger partial charge in [0, 0.05) is 11.9 Å². The van der Waals surface area contributed by atoms with E-state index >= 15 is 0 Å². The summed E-state index contributed by atoms with van der Waals surface area (Å²) in [7, 11) is -1.21. The lowest BCUT2D eigenvalue weighted by atomic mass is 9.93. The summed E-state index contributed by atoms with van der Waals surface area (Å²) in [4.78, 5) is 17.7. The van der Waals surface area contributed by atoms with Gasteiger partial charge in [0.25, 0.3) is 0 Å². The average molecular weight is 343 g/mol. The third-order valence-electron chi connectivity index (χ3n) is 4.01. The van der Waals surface area contributed by atoms with Gasteiger partial charge in [-0.1, -0.05) is 13.3 Å². The van der Waals surface area contributed by atoms with E-state index in [0.29, 0.717) is 0 Å². The van der Waals surface area contributed by atoms with Gasteiger partial charge in [0.05, 0.1) is 0 Å². The van der Waals surface area contributed by atoms with E-state index in [4.69, 9.17) is 9.53 Å². The maximum absolute atomic E-state index is 11.1. The van der Waals surface area contributed by atoms with Crippen LogP contribution < -0.4 is 4.90 Å². The monoisotopic (exact) mass is 342 g/mol. The Morgan fingerprint density at radius 3 is 2.91 bits per heavy atom. The van der Waals surface area contributed by atoms with Gasteiger partial charge < -0.3 is 14.4 Å². The normalized spacial score (nSPS) is 22.3. The maximum atomic E-state index is 11.1. The van der Waals surface area contributed by atoms with Crippen LogP contribution in [0.2, 0.25) is 13.1 Å². The number of rotatable bonds is 7. The first-order valence-corrected chi connectivity index (χ1v) is 11.8. The van der Waals surface area contributed by atoms with Crippen LogP contribution in [-0.4, -0.2) is 37.4 Å². The van der Waals surface area contributed by atoms with Gasteiger partial charge in [-0.15, -0.1) is 11.3 Å². The SMILES string of the molecule is CCCCC1(O[SiH](C)C)CCCCN1c1nc(C(=O)O)cs1. The van der Waals surface area contributed by atoms with Gasteiger partial charge in [0.15, 0.2) is 19.9 Å². The minimum atomic E-state index is -1.21. The molecule has 5 nitrogen and oxygen atoms in total. The third kappa shape index (κ3) is 3.88. The number of hydrogen-bond acceptors (Lipinski definition) is 5. The predicted octanol–water partition coefficient (Wildman–Crippen LogP) is 3.72. The molecule has 0 radical (unpaired) electrons. The smallest absolute Gasteiger partial charge is 0.355 e. The molecular weight excluding hydrogens is 316 g/mol. The van der Waals surface area contributed by atoms with Crippen molar-refractivity contribution in [2.45, 2.75) is 64.3 Å². The van der Waals surface area contributed by atoms with Gasteiger partial charge in [-0.2, -0.15) is 0 Å². The summed E-state index contributed by atoms with van der Waals surface area (Å²) < 4.78 is 6.50. The molecular formula is C15H26N2O3SSi. The quantitative estimate of drug-likeness (QED) is 0.765. The number of nitrogens with zero attached hydrogens (tertiary/aromatic N) is 2. The van der Waals surface area contributed by atoms with Gasteiger partial charge >= 0.3 is 5.97 Å². The van der Waals surface area contributed by atoms with E-state index in [1.54, 1.807) is 5.38 Å². The molecule has 1 aromatic rings. The Hall–Kier alpha value is -0.923. The van der Waals surface area contributed by atoms with Crippen molar-refractivity contribution in [3.05, 3.63) is 11.1 Å². The number of carbonyl (C=O) groups is 1. The number of carboxylic acids is 1. The van der Waals surface area contributed by atoms with Gasteiger partial charge in [-0.25, -0.2) is 9.78 Å². The van der Waals surface area contributed by atoms with E-state index < -0.39 is 15.0 Å². The van der Waals surface area contributed by atoms with Gasteiger partial charge in [0.1, 0.15) is 5.72 Å². The molecule has 0 amide bonds. The fraction of sp³-hybridized carbons (Fsp3) is 0.733. The number of unbranched alkanes of at least 4 members (excludes halogenated alkanes) is 1. The second kappa shape index (κ2) is 7.57. The van der Waals surface area contributed by atoms with Crippen molar-refractivity contribution >= 4 is 31.5 Å². The predicted molar refractivity (Wildman–Crippen MR) is 92.5 cm³/mol. The fourth-order valence-corrected chi connectivity index (χ4v) is 5.25. The highest BCUT2D eigenvalue weighted by Crippen LogP contribution is 2.39. The molecule has 7 heteroatoms. The van der Waals surface area contributed by atoms with Crippen LogP contribution in [0.4, 0.5) is 5.13 Å². The number of hydrogen-bond donors (Lipinski definition) is 1. The van der Waals surface area contributed by atoms with E-state index in [-0.39, 0.29) is 11.4 Å². The zero-order valence-electron chi connectivity index (χ0n) is 13.7. The summed E-state index contributed by atoms with van der Waals surface area (Å²) in [5, 5.41) is 11.5. The fourth-order valence-electron chi connectivity index (χ4n) is 3.10. The number of anilines is 1. The highest BCUT2D eigenvalue weighted by Gasteiger charge is 2.41. The Balaban J connectivity index is 2.31. The van der Waals surface area contributed by atoms with Crippen molar-refractivity contribution in [1.82, 2.24) is 4.98 Å². The first-order chi connectivity index (χ1) is 10.5. The van der Waals surface area contributed by atoms with Gasteiger partial charge in [-0.05, 0) is 45.2 Å². The average Bonchev–Trinajstić information content (AvgIpc) is 2.94. The summed E-state index contributed by atoms with van der Waals surface area (Å²) in [5.41, 5.74) is -0.140. The Bertz CT molecular complexity index is 509. The third-order valence-corrected chi connectivity index (χ3v) is 5.78. The summed E-state index contributed by atoms with van der Waals surface area (Å²) in [6, 6.07) is 0. The molecule has 1 unspecified atom stereocenters. The maximum Gasteiger partial charge on any atom is 0.355 e. The van der Waals surface area contributed by atoms with Crippen LogP contribution in [0.5, 0.6) is 0 Å². The zero-order valence-corrected chi connectivity index (χ0v) is 15.6. The van der Waals surface area contributed by atoms with Crippen molar-refractivity contribution in [3.8, 4) is 0 Å². The molecule has 0 saturated carbocycles. The zero-order chi connectivity index (χ0) is 16.2. The van der Waals surface area contributed by atoms with Crippen molar-refractivity contribution in [2.24, 2.45) is 0 Å². The lowest BCUT2D eigenvalue weighted by molar-refractivity contribution is 0.0274. The molecule has 1 saturated heterocycles. The van der Waals surface area contributed by atoms with Crippen LogP contribution in [0.15, 0.2) is 5.38 Å². The summed E-state index contributed by atoms with van der Waals surface area (Å²) in [6.07, 6.45) is 6.54. The highest BCUT2D eigenvalue weighted by atomic mass is 32.1. The molecule has 1 atom stereocenters. The van der Waals surface area contributed by atoms with E-state index in [0.717, 1.165) is 43.8 Å². The Kier molecular flexibility index (Phi) is 5.99. The topological polar surface area (TPSA) is 62.7 Å². The second-order valence-corrected chi connectivity index (χ2v) is 9.32. The Labute approximate surface area is 138 Å². The first-order valence-electron chi connectivity index (χ1n) is 8.13. The Morgan fingerprint density at radius 2 is 2.32 bits per heavy atom. The summed E-state index contributed by atoms with van der Waals surface area (Å²) >= 11 is 1.42. The van der Waals surface area contributed by atoms with Crippen molar-refractivity contribution in [2.75, 3.05) is 11.4 Å². The number of aromatic nitrogens is 1. The number of thiazole rings is 1. The van der Waals surface area contributed by atoms with E-state index in [2.05, 4.69) is 29.9 Å².